The normalized spacial score (nSPS) is 53.4. The van der Waals surface area contributed by atoms with Gasteiger partial charge in [0, 0.05) is 16.7 Å². The third-order valence-corrected chi connectivity index (χ3v) is 8.94. The van der Waals surface area contributed by atoms with E-state index in [1.165, 1.54) is 12.2 Å². The highest BCUT2D eigenvalue weighted by Gasteiger charge is 2.78. The molecule has 0 radical (unpaired) electrons. The Labute approximate surface area is 175 Å². The number of rotatable bonds is 1. The molecule has 4 aliphatic carbocycles. The minimum Gasteiger partial charge on any atom is -0.547 e. The van der Waals surface area contributed by atoms with Crippen molar-refractivity contribution in [3.63, 3.8) is 0 Å². The summed E-state index contributed by atoms with van der Waals surface area (Å²) in [6.07, 6.45) is 3.45. The van der Waals surface area contributed by atoms with E-state index in [0.29, 0.717) is 24.8 Å². The molecule has 0 aromatic carbocycles. The highest BCUT2D eigenvalue weighted by Crippen LogP contribution is 2.72. The molecule has 7 heteroatoms. The molecular weight excluding hydrogens is 391 g/mol. The van der Waals surface area contributed by atoms with Crippen LogP contribution < -0.4 is 5.11 Å². The zero-order chi connectivity index (χ0) is 21.9. The number of hydrogen-bond donors (Lipinski definition) is 1. The summed E-state index contributed by atoms with van der Waals surface area (Å²) in [6, 6.07) is 0. The van der Waals surface area contributed by atoms with Gasteiger partial charge in [0.25, 0.3) is 0 Å². The number of carboxylic acid groups (broad SMARTS) is 1. The van der Waals surface area contributed by atoms with Crippen LogP contribution in [0.5, 0.6) is 0 Å². The maximum absolute atomic E-state index is 17.0. The van der Waals surface area contributed by atoms with Crippen LogP contribution in [0, 0.1) is 22.7 Å². The predicted molar refractivity (Wildman–Crippen MR) is 102 cm³/mol. The fraction of sp³-hybridized carbons (Fsp3) is 0.739. The van der Waals surface area contributed by atoms with Gasteiger partial charge in [0.15, 0.2) is 17.2 Å². The number of carbonyl (C=O) groups is 2. The van der Waals surface area contributed by atoms with Crippen LogP contribution in [0.15, 0.2) is 23.8 Å². The Hall–Kier alpha value is -1.57. The molecule has 0 spiro atoms. The van der Waals surface area contributed by atoms with Gasteiger partial charge in [-0.3, -0.25) is 4.79 Å². The second kappa shape index (κ2) is 5.61. The van der Waals surface area contributed by atoms with Gasteiger partial charge in [-0.2, -0.15) is 0 Å². The zero-order valence-electron chi connectivity index (χ0n) is 17.7. The Balaban J connectivity index is 1.64. The van der Waals surface area contributed by atoms with E-state index >= 15 is 4.39 Å². The van der Waals surface area contributed by atoms with Gasteiger partial charge in [-0.15, -0.1) is 0 Å². The van der Waals surface area contributed by atoms with Gasteiger partial charge in [0.1, 0.15) is 5.60 Å². The minimum absolute atomic E-state index is 0.0841. The second-order valence-electron chi connectivity index (χ2n) is 10.6. The van der Waals surface area contributed by atoms with E-state index in [-0.39, 0.29) is 18.1 Å². The topological polar surface area (TPSA) is 95.9 Å². The number of carbonyl (C=O) groups excluding carboxylic acids is 2. The zero-order valence-corrected chi connectivity index (χ0v) is 17.7. The first kappa shape index (κ1) is 20.3. The molecule has 8 atom stereocenters. The third-order valence-electron chi connectivity index (χ3n) is 8.94. The summed E-state index contributed by atoms with van der Waals surface area (Å²) >= 11 is 0. The number of alkyl halides is 1. The van der Waals surface area contributed by atoms with Gasteiger partial charge in [-0.25, -0.2) is 4.39 Å². The van der Waals surface area contributed by atoms with Crippen LogP contribution in [0.25, 0.3) is 0 Å². The first-order valence-corrected chi connectivity index (χ1v) is 10.7. The van der Waals surface area contributed by atoms with Gasteiger partial charge in [0.2, 0.25) is 0 Å². The fourth-order valence-corrected chi connectivity index (χ4v) is 7.66. The van der Waals surface area contributed by atoms with Crippen molar-refractivity contribution in [2.24, 2.45) is 22.7 Å². The monoisotopic (exact) mass is 419 g/mol. The van der Waals surface area contributed by atoms with Crippen molar-refractivity contribution in [1.29, 1.82) is 0 Å². The summed E-state index contributed by atoms with van der Waals surface area (Å²) in [7, 11) is 0. The van der Waals surface area contributed by atoms with Gasteiger partial charge >= 0.3 is 0 Å². The molecular formula is C23H28FO6-. The van der Waals surface area contributed by atoms with Crippen molar-refractivity contribution in [1.82, 2.24) is 0 Å². The van der Waals surface area contributed by atoms with Crippen molar-refractivity contribution in [2.45, 2.75) is 82.6 Å². The molecule has 1 N–H and O–H groups in total. The Kier molecular flexibility index (Phi) is 3.81. The van der Waals surface area contributed by atoms with Crippen molar-refractivity contribution in [3.05, 3.63) is 23.8 Å². The Morgan fingerprint density at radius 3 is 2.63 bits per heavy atom. The fourth-order valence-electron chi connectivity index (χ4n) is 7.66. The molecule has 3 saturated carbocycles. The van der Waals surface area contributed by atoms with E-state index in [2.05, 4.69) is 0 Å². The summed E-state index contributed by atoms with van der Waals surface area (Å²) in [5, 5.41) is 23.7. The average Bonchev–Trinajstić information content (AvgIpc) is 3.04. The average molecular weight is 419 g/mol. The third kappa shape index (κ3) is 2.04. The number of ketones is 1. The Morgan fingerprint density at radius 1 is 1.27 bits per heavy atom. The van der Waals surface area contributed by atoms with Gasteiger partial charge in [-0.1, -0.05) is 18.6 Å². The number of aliphatic hydroxyl groups is 1. The lowest BCUT2D eigenvalue weighted by molar-refractivity contribution is -0.342. The van der Waals surface area contributed by atoms with Gasteiger partial charge < -0.3 is 24.5 Å². The number of carboxylic acids is 1. The summed E-state index contributed by atoms with van der Waals surface area (Å²) in [5.74, 6) is -3.60. The molecule has 164 valence electrons. The predicted octanol–water partition coefficient (Wildman–Crippen LogP) is 1.61. The molecule has 0 aromatic heterocycles. The number of aliphatic carboxylic acids is 1. The maximum Gasteiger partial charge on any atom is 0.178 e. The molecule has 1 aliphatic heterocycles. The molecule has 0 bridgehead atoms. The van der Waals surface area contributed by atoms with Crippen LogP contribution in [-0.2, 0) is 19.1 Å². The molecule has 1 heterocycles. The lowest BCUT2D eigenvalue weighted by atomic mass is 9.45. The molecule has 5 rings (SSSR count). The lowest BCUT2D eigenvalue weighted by Gasteiger charge is -2.63. The van der Waals surface area contributed by atoms with Crippen LogP contribution in [0.3, 0.4) is 0 Å². The summed E-state index contributed by atoms with van der Waals surface area (Å²) in [5.41, 5.74) is -5.22. The minimum atomic E-state index is -2.01. The van der Waals surface area contributed by atoms with Crippen molar-refractivity contribution < 1.29 is 33.7 Å². The van der Waals surface area contributed by atoms with Crippen molar-refractivity contribution in [3.8, 4) is 0 Å². The number of ether oxygens (including phenoxy) is 2. The molecule has 0 aromatic rings. The Bertz CT molecular complexity index is 909. The van der Waals surface area contributed by atoms with E-state index in [1.807, 2.05) is 0 Å². The van der Waals surface area contributed by atoms with Crippen LogP contribution in [0.2, 0.25) is 0 Å². The first-order valence-electron chi connectivity index (χ1n) is 10.7. The van der Waals surface area contributed by atoms with Crippen LogP contribution in [-0.4, -0.2) is 46.1 Å². The molecule has 0 unspecified atom stereocenters. The number of aliphatic hydroxyl groups excluding tert-OH is 1. The van der Waals surface area contributed by atoms with Gasteiger partial charge in [-0.05, 0) is 64.5 Å². The molecule has 4 fully saturated rings. The van der Waals surface area contributed by atoms with Crippen molar-refractivity contribution >= 4 is 11.8 Å². The number of fused-ring (bicyclic) bond motifs is 7. The van der Waals surface area contributed by atoms with E-state index in [0.717, 1.165) is 0 Å². The summed E-state index contributed by atoms with van der Waals surface area (Å²) in [6.45, 7) is 6.83. The molecule has 30 heavy (non-hydrogen) atoms. The van der Waals surface area contributed by atoms with Crippen molar-refractivity contribution in [2.75, 3.05) is 0 Å². The van der Waals surface area contributed by atoms with Crippen LogP contribution >= 0.6 is 0 Å². The van der Waals surface area contributed by atoms with E-state index < -0.39 is 52.0 Å². The summed E-state index contributed by atoms with van der Waals surface area (Å²) in [4.78, 5) is 24.4. The quantitative estimate of drug-likeness (QED) is 0.694. The standard InChI is InChI=1S/C23H29FO6/c1-19(2)29-17-10-15-14-6-5-12-9-13(25)7-8-20(12,3)22(14,24)16(26)11-21(15,4)23(17,30-19)18(27)28/h7-9,14-17,26H,5-6,10-11H2,1-4H3,(H,27,28)/p-1/t14-,15-,16-,17-,20+,21+,22+,23+/m1/s1. The Morgan fingerprint density at radius 2 is 1.97 bits per heavy atom. The second-order valence-corrected chi connectivity index (χ2v) is 10.6. The van der Waals surface area contributed by atoms with Gasteiger partial charge in [0.05, 0.1) is 18.2 Å². The molecule has 6 nitrogen and oxygen atoms in total. The van der Waals surface area contributed by atoms with Crippen LogP contribution in [0.1, 0.15) is 53.4 Å². The highest BCUT2D eigenvalue weighted by molar-refractivity contribution is 6.01. The largest absolute Gasteiger partial charge is 0.547 e. The summed E-state index contributed by atoms with van der Waals surface area (Å²) < 4.78 is 29.0. The SMILES string of the molecule is CC1(C)O[C@@H]2C[C@@H]3[C@H]4CCC5=CC(=O)C=C[C@]5(C)[C@@]4(F)[C@H](O)C[C@]3(C)[C@]2(C(=O)[O-])O1. The smallest absolute Gasteiger partial charge is 0.178 e. The van der Waals surface area contributed by atoms with Crippen LogP contribution in [0.4, 0.5) is 4.39 Å². The van der Waals surface area contributed by atoms with E-state index in [4.69, 9.17) is 9.47 Å². The lowest BCUT2D eigenvalue weighted by Crippen LogP contribution is -2.71. The first-order chi connectivity index (χ1) is 13.8. The van der Waals surface area contributed by atoms with E-state index in [1.54, 1.807) is 33.8 Å². The maximum atomic E-state index is 17.0. The van der Waals surface area contributed by atoms with E-state index in [9.17, 15) is 19.8 Å². The molecule has 5 aliphatic rings. The molecule has 0 amide bonds. The number of halogens is 1. The number of allylic oxidation sites excluding steroid dienone is 4. The highest BCUT2D eigenvalue weighted by atomic mass is 19.1. The molecule has 1 saturated heterocycles. The number of hydrogen-bond acceptors (Lipinski definition) is 6.